The third-order valence-corrected chi connectivity index (χ3v) is 4.08. The van der Waals surface area contributed by atoms with Crippen molar-refractivity contribution in [2.24, 2.45) is 5.92 Å². The second-order valence-electron chi connectivity index (χ2n) is 4.96. The van der Waals surface area contributed by atoms with Gasteiger partial charge in [-0.25, -0.2) is 0 Å². The number of Topliss-reactive ketones (excluding diaryl/α,β-unsaturated/α-hetero) is 1. The van der Waals surface area contributed by atoms with E-state index in [0.717, 1.165) is 24.8 Å². The maximum absolute atomic E-state index is 12.0. The molecule has 1 aromatic rings. The van der Waals surface area contributed by atoms with Gasteiger partial charge in [0, 0.05) is 22.3 Å². The standard InChI is InChI=1S/C14H16ClNO3/c15-13-7-3-1-5-10(13)12(9-16(18)19)11-6-2-4-8-14(11)17/h1,3,5,7,11-12H,2,4,6,8-9H2/t11-,12-/m1/s1. The van der Waals surface area contributed by atoms with E-state index in [4.69, 9.17) is 11.6 Å². The molecule has 4 nitrogen and oxygen atoms in total. The minimum absolute atomic E-state index is 0.137. The summed E-state index contributed by atoms with van der Waals surface area (Å²) in [4.78, 5) is 22.6. The van der Waals surface area contributed by atoms with Gasteiger partial charge in [0.15, 0.2) is 0 Å². The molecule has 1 aliphatic carbocycles. The Hall–Kier alpha value is -1.42. The Bertz CT molecular complexity index is 489. The highest BCUT2D eigenvalue weighted by molar-refractivity contribution is 6.31. The van der Waals surface area contributed by atoms with Crippen molar-refractivity contribution in [1.29, 1.82) is 0 Å². The molecule has 102 valence electrons. The molecule has 0 radical (unpaired) electrons. The third-order valence-electron chi connectivity index (χ3n) is 3.74. The van der Waals surface area contributed by atoms with E-state index in [2.05, 4.69) is 0 Å². The molecule has 0 heterocycles. The molecule has 1 aromatic carbocycles. The van der Waals surface area contributed by atoms with E-state index in [9.17, 15) is 14.9 Å². The molecule has 0 saturated heterocycles. The summed E-state index contributed by atoms with van der Waals surface area (Å²) in [6, 6.07) is 7.11. The average molecular weight is 282 g/mol. The maximum atomic E-state index is 12.0. The van der Waals surface area contributed by atoms with Crippen LogP contribution in [-0.2, 0) is 4.79 Å². The predicted molar refractivity (Wildman–Crippen MR) is 73.0 cm³/mol. The zero-order valence-corrected chi connectivity index (χ0v) is 11.3. The first kappa shape index (κ1) is 14.0. The summed E-state index contributed by atoms with van der Waals surface area (Å²) in [5.74, 6) is -0.534. The van der Waals surface area contributed by atoms with Gasteiger partial charge >= 0.3 is 0 Å². The largest absolute Gasteiger partial charge is 0.299 e. The Kier molecular flexibility index (Phi) is 4.53. The lowest BCUT2D eigenvalue weighted by atomic mass is 9.76. The summed E-state index contributed by atoms with van der Waals surface area (Å²) in [7, 11) is 0. The monoisotopic (exact) mass is 281 g/mol. The van der Waals surface area contributed by atoms with Gasteiger partial charge < -0.3 is 0 Å². The van der Waals surface area contributed by atoms with Crippen molar-refractivity contribution in [1.82, 2.24) is 0 Å². The van der Waals surface area contributed by atoms with E-state index in [1.54, 1.807) is 18.2 Å². The van der Waals surface area contributed by atoms with Crippen LogP contribution in [0.5, 0.6) is 0 Å². The minimum atomic E-state index is -0.406. The molecule has 5 heteroatoms. The smallest absolute Gasteiger partial charge is 0.211 e. The van der Waals surface area contributed by atoms with Crippen LogP contribution in [0.3, 0.4) is 0 Å². The highest BCUT2D eigenvalue weighted by Gasteiger charge is 2.35. The van der Waals surface area contributed by atoms with Crippen LogP contribution < -0.4 is 0 Å². The lowest BCUT2D eigenvalue weighted by molar-refractivity contribution is -0.484. The lowest BCUT2D eigenvalue weighted by Crippen LogP contribution is -2.30. The van der Waals surface area contributed by atoms with Gasteiger partial charge in [-0.1, -0.05) is 36.2 Å². The number of halogens is 1. The number of rotatable bonds is 4. The summed E-state index contributed by atoms with van der Waals surface area (Å²) in [6.07, 6.45) is 3.10. The quantitative estimate of drug-likeness (QED) is 0.627. The molecule has 2 rings (SSSR count). The van der Waals surface area contributed by atoms with Crippen LogP contribution in [0.4, 0.5) is 0 Å². The van der Waals surface area contributed by atoms with Crippen molar-refractivity contribution >= 4 is 17.4 Å². The molecule has 0 aliphatic heterocycles. The first-order valence-electron chi connectivity index (χ1n) is 6.48. The third kappa shape index (κ3) is 3.32. The Morgan fingerprint density at radius 1 is 1.37 bits per heavy atom. The van der Waals surface area contributed by atoms with Gasteiger partial charge in [-0.2, -0.15) is 0 Å². The molecule has 1 aliphatic rings. The fourth-order valence-electron chi connectivity index (χ4n) is 2.81. The Labute approximate surface area is 116 Å². The Morgan fingerprint density at radius 3 is 2.74 bits per heavy atom. The number of carbonyl (C=O) groups is 1. The van der Waals surface area contributed by atoms with Gasteiger partial charge in [0.05, 0.1) is 5.92 Å². The fraction of sp³-hybridized carbons (Fsp3) is 0.500. The number of ketones is 1. The molecule has 0 unspecified atom stereocenters. The van der Waals surface area contributed by atoms with Gasteiger partial charge in [0.1, 0.15) is 5.78 Å². The zero-order valence-electron chi connectivity index (χ0n) is 10.5. The van der Waals surface area contributed by atoms with Crippen LogP contribution in [0.15, 0.2) is 24.3 Å². The van der Waals surface area contributed by atoms with Crippen LogP contribution in [0.25, 0.3) is 0 Å². The second-order valence-corrected chi connectivity index (χ2v) is 5.37. The van der Waals surface area contributed by atoms with E-state index in [1.165, 1.54) is 0 Å². The topological polar surface area (TPSA) is 60.2 Å². The number of benzene rings is 1. The highest BCUT2D eigenvalue weighted by atomic mass is 35.5. The van der Waals surface area contributed by atoms with E-state index < -0.39 is 5.92 Å². The Morgan fingerprint density at radius 2 is 2.11 bits per heavy atom. The number of nitrogens with zero attached hydrogens (tertiary/aromatic N) is 1. The summed E-state index contributed by atoms with van der Waals surface area (Å²) >= 11 is 6.14. The summed E-state index contributed by atoms with van der Waals surface area (Å²) in [5.41, 5.74) is 0.723. The highest BCUT2D eigenvalue weighted by Crippen LogP contribution is 2.36. The molecule has 0 N–H and O–H groups in total. The van der Waals surface area contributed by atoms with Gasteiger partial charge in [-0.15, -0.1) is 0 Å². The molecular weight excluding hydrogens is 266 g/mol. The van der Waals surface area contributed by atoms with Gasteiger partial charge in [-0.05, 0) is 24.5 Å². The summed E-state index contributed by atoms with van der Waals surface area (Å²) < 4.78 is 0. The fourth-order valence-corrected chi connectivity index (χ4v) is 3.09. The van der Waals surface area contributed by atoms with Crippen molar-refractivity contribution in [2.45, 2.75) is 31.6 Å². The van der Waals surface area contributed by atoms with Gasteiger partial charge in [-0.3, -0.25) is 14.9 Å². The molecule has 2 atom stereocenters. The number of hydrogen-bond donors (Lipinski definition) is 0. The molecular formula is C14H16ClNO3. The second kappa shape index (κ2) is 6.15. The van der Waals surface area contributed by atoms with Crippen LogP contribution >= 0.6 is 11.6 Å². The maximum Gasteiger partial charge on any atom is 0.211 e. The number of carbonyl (C=O) groups excluding carboxylic acids is 1. The van der Waals surface area contributed by atoms with Crippen molar-refractivity contribution in [3.8, 4) is 0 Å². The molecule has 1 fully saturated rings. The van der Waals surface area contributed by atoms with Crippen LogP contribution in [-0.4, -0.2) is 17.3 Å². The van der Waals surface area contributed by atoms with Crippen molar-refractivity contribution in [3.63, 3.8) is 0 Å². The summed E-state index contributed by atoms with van der Waals surface area (Å²) in [6.45, 7) is -0.236. The predicted octanol–water partition coefficient (Wildman–Crippen LogP) is 3.46. The van der Waals surface area contributed by atoms with Crippen LogP contribution in [0.1, 0.15) is 37.2 Å². The van der Waals surface area contributed by atoms with E-state index >= 15 is 0 Å². The van der Waals surface area contributed by atoms with Crippen molar-refractivity contribution in [2.75, 3.05) is 6.54 Å². The number of hydrogen-bond acceptors (Lipinski definition) is 3. The van der Waals surface area contributed by atoms with Crippen molar-refractivity contribution in [3.05, 3.63) is 45.0 Å². The lowest BCUT2D eigenvalue weighted by Gasteiger charge is -2.27. The van der Waals surface area contributed by atoms with E-state index in [0.29, 0.717) is 11.4 Å². The molecule has 1 saturated carbocycles. The molecule has 0 aromatic heterocycles. The normalized spacial score (nSPS) is 21.1. The first-order chi connectivity index (χ1) is 9.09. The molecule has 0 bridgehead atoms. The van der Waals surface area contributed by atoms with Gasteiger partial charge in [0.25, 0.3) is 0 Å². The minimum Gasteiger partial charge on any atom is -0.299 e. The van der Waals surface area contributed by atoms with Crippen LogP contribution in [0.2, 0.25) is 5.02 Å². The molecule has 0 spiro atoms. The average Bonchev–Trinajstić information content (AvgIpc) is 2.37. The molecule has 0 amide bonds. The van der Waals surface area contributed by atoms with Gasteiger partial charge in [0.2, 0.25) is 6.54 Å². The first-order valence-corrected chi connectivity index (χ1v) is 6.86. The summed E-state index contributed by atoms with van der Waals surface area (Å²) in [5, 5.41) is 11.4. The Balaban J connectivity index is 2.32. The SMILES string of the molecule is O=C1CCCC[C@@H]1[C@H](C[N+](=O)[O-])c1ccccc1Cl. The van der Waals surface area contributed by atoms with Crippen LogP contribution in [0, 0.1) is 16.0 Å². The van der Waals surface area contributed by atoms with E-state index in [1.807, 2.05) is 6.07 Å². The van der Waals surface area contributed by atoms with Crippen molar-refractivity contribution < 1.29 is 9.72 Å². The zero-order chi connectivity index (χ0) is 13.8. The molecule has 19 heavy (non-hydrogen) atoms. The number of nitro groups is 1. The van der Waals surface area contributed by atoms with E-state index in [-0.39, 0.29) is 23.2 Å².